The van der Waals surface area contributed by atoms with Gasteiger partial charge in [0.15, 0.2) is 6.04 Å². The van der Waals surface area contributed by atoms with E-state index in [1.165, 1.54) is 17.8 Å². The van der Waals surface area contributed by atoms with Gasteiger partial charge in [0.25, 0.3) is 0 Å². The molecule has 0 heterocycles. The smallest absolute Gasteiger partial charge is 0.328 e. The normalized spacial score (nSPS) is 11.7. The van der Waals surface area contributed by atoms with E-state index in [1.54, 1.807) is 0 Å². The van der Waals surface area contributed by atoms with Crippen molar-refractivity contribution in [3.8, 4) is 0 Å². The lowest BCUT2D eigenvalue weighted by Gasteiger charge is -2.14. The number of carbonyl (C=O) groups is 2. The van der Waals surface area contributed by atoms with Crippen LogP contribution in [0.1, 0.15) is 6.42 Å². The molecule has 0 spiro atoms. The summed E-state index contributed by atoms with van der Waals surface area (Å²) in [5.74, 6) is -0.862. The Labute approximate surface area is 142 Å². The van der Waals surface area contributed by atoms with Gasteiger partial charge in [0.1, 0.15) is 0 Å². The van der Waals surface area contributed by atoms with Crippen molar-refractivity contribution < 1.29 is 19.4 Å². The molecule has 0 bridgehead atoms. The predicted molar refractivity (Wildman–Crippen MR) is 90.1 cm³/mol. The van der Waals surface area contributed by atoms with Gasteiger partial charge in [0, 0.05) is 21.5 Å². The fourth-order valence-electron chi connectivity index (χ4n) is 1.53. The molecule has 1 unspecified atom stereocenters. The molecule has 22 heavy (non-hydrogen) atoms. The summed E-state index contributed by atoms with van der Waals surface area (Å²) in [5.41, 5.74) is 0. The number of thioether (sulfide) groups is 1. The Hall–Kier alpha value is -1.31. The largest absolute Gasteiger partial charge is 0.480 e. The average Bonchev–Trinajstić information content (AvgIpc) is 2.48. The summed E-state index contributed by atoms with van der Waals surface area (Å²) in [7, 11) is 0. The number of carboxylic acids is 1. The number of halogens is 1. The number of carboxylic acid groups (broad SMARTS) is 1. The monoisotopic (exact) mass is 387 g/mol. The first-order chi connectivity index (χ1) is 10.5. The topological polar surface area (TPSA) is 75.6 Å². The molecule has 1 aromatic rings. The molecular formula is C15H18BrNO4S. The first-order valence-corrected chi connectivity index (χ1v) is 8.40. The fourth-order valence-corrected chi connectivity index (χ4v) is 3.04. The van der Waals surface area contributed by atoms with E-state index in [0.29, 0.717) is 5.75 Å². The Morgan fingerprint density at radius 2 is 2.18 bits per heavy atom. The molecule has 0 fully saturated rings. The predicted octanol–water partition coefficient (Wildman–Crippen LogP) is 2.70. The van der Waals surface area contributed by atoms with E-state index < -0.39 is 12.0 Å². The highest BCUT2D eigenvalue weighted by molar-refractivity contribution is 9.10. The molecule has 1 amide bonds. The average molecular weight is 388 g/mol. The van der Waals surface area contributed by atoms with Gasteiger partial charge < -0.3 is 15.2 Å². The molecule has 5 nitrogen and oxygen atoms in total. The number of hydrogen-bond donors (Lipinski definition) is 2. The van der Waals surface area contributed by atoms with Crippen LogP contribution in [0.15, 0.2) is 46.3 Å². The minimum atomic E-state index is -1.11. The van der Waals surface area contributed by atoms with Crippen molar-refractivity contribution in [1.82, 2.24) is 5.32 Å². The first-order valence-electron chi connectivity index (χ1n) is 6.62. The zero-order chi connectivity index (χ0) is 16.4. The van der Waals surface area contributed by atoms with Gasteiger partial charge in [-0.15, -0.1) is 18.3 Å². The van der Waals surface area contributed by atoms with Gasteiger partial charge in [-0.3, -0.25) is 4.79 Å². The maximum absolute atomic E-state index is 11.8. The molecular weight excluding hydrogens is 370 g/mol. The van der Waals surface area contributed by atoms with E-state index in [2.05, 4.69) is 27.8 Å². The van der Waals surface area contributed by atoms with Gasteiger partial charge in [-0.1, -0.05) is 18.2 Å². The van der Waals surface area contributed by atoms with Crippen molar-refractivity contribution in [2.24, 2.45) is 0 Å². The van der Waals surface area contributed by atoms with Crippen LogP contribution >= 0.6 is 27.7 Å². The van der Waals surface area contributed by atoms with E-state index in [1.807, 2.05) is 24.3 Å². The zero-order valence-corrected chi connectivity index (χ0v) is 14.4. The quantitative estimate of drug-likeness (QED) is 0.366. The molecule has 1 aromatic carbocycles. The summed E-state index contributed by atoms with van der Waals surface area (Å²) >= 11 is 4.97. The molecule has 1 atom stereocenters. The van der Waals surface area contributed by atoms with Gasteiger partial charge in [0.05, 0.1) is 13.2 Å². The number of ether oxygens (including phenoxy) is 1. The molecule has 0 saturated carbocycles. The van der Waals surface area contributed by atoms with E-state index in [4.69, 9.17) is 9.84 Å². The van der Waals surface area contributed by atoms with Gasteiger partial charge in [0.2, 0.25) is 5.91 Å². The second-order valence-electron chi connectivity index (χ2n) is 4.31. The third kappa shape index (κ3) is 7.11. The molecule has 120 valence electrons. The van der Waals surface area contributed by atoms with Crippen molar-refractivity contribution >= 4 is 39.6 Å². The number of amides is 1. The van der Waals surface area contributed by atoms with E-state index in [-0.39, 0.29) is 25.5 Å². The molecule has 0 aliphatic carbocycles. The lowest BCUT2D eigenvalue weighted by Crippen LogP contribution is -2.44. The Morgan fingerprint density at radius 1 is 1.45 bits per heavy atom. The van der Waals surface area contributed by atoms with Crippen LogP contribution in [0.3, 0.4) is 0 Å². The third-order valence-electron chi connectivity index (χ3n) is 2.58. The minimum Gasteiger partial charge on any atom is -0.480 e. The maximum atomic E-state index is 11.8. The van der Waals surface area contributed by atoms with Gasteiger partial charge >= 0.3 is 5.97 Å². The van der Waals surface area contributed by atoms with Crippen molar-refractivity contribution in [3.63, 3.8) is 0 Å². The molecule has 0 aliphatic heterocycles. The van der Waals surface area contributed by atoms with Crippen LogP contribution in [0.4, 0.5) is 0 Å². The highest BCUT2D eigenvalue weighted by atomic mass is 79.9. The highest BCUT2D eigenvalue weighted by Gasteiger charge is 2.19. The summed E-state index contributed by atoms with van der Waals surface area (Å²) in [6.45, 7) is 3.64. The number of nitrogens with one attached hydrogen (secondary N) is 1. The van der Waals surface area contributed by atoms with Crippen LogP contribution in [0.5, 0.6) is 0 Å². The van der Waals surface area contributed by atoms with Crippen LogP contribution in [-0.2, 0) is 14.3 Å². The van der Waals surface area contributed by atoms with Crippen LogP contribution in [0, 0.1) is 0 Å². The molecule has 7 heteroatoms. The van der Waals surface area contributed by atoms with E-state index in [9.17, 15) is 9.59 Å². The highest BCUT2D eigenvalue weighted by Crippen LogP contribution is 2.27. The third-order valence-corrected chi connectivity index (χ3v) is 4.61. The molecule has 2 N–H and O–H groups in total. The number of hydrogen-bond acceptors (Lipinski definition) is 4. The zero-order valence-electron chi connectivity index (χ0n) is 12.0. The van der Waals surface area contributed by atoms with Crippen molar-refractivity contribution in [2.75, 3.05) is 19.0 Å². The summed E-state index contributed by atoms with van der Waals surface area (Å²) in [4.78, 5) is 23.9. The Balaban J connectivity index is 2.36. The minimum absolute atomic E-state index is 0.0789. The van der Waals surface area contributed by atoms with Crippen molar-refractivity contribution in [1.29, 1.82) is 0 Å². The standard InChI is InChI=1S/C15H18BrNO4S/c1-2-8-21-10-12(15(19)20)17-14(18)7-9-22-13-6-4-3-5-11(13)16/h2-6,12H,1,7-10H2,(H,17,18)(H,19,20). The summed E-state index contributed by atoms with van der Waals surface area (Å²) in [6, 6.07) is 6.68. The van der Waals surface area contributed by atoms with Crippen LogP contribution in [0.25, 0.3) is 0 Å². The fraction of sp³-hybridized carbons (Fsp3) is 0.333. The van der Waals surface area contributed by atoms with Crippen molar-refractivity contribution in [2.45, 2.75) is 17.4 Å². The second kappa shape index (κ2) is 10.4. The molecule has 1 rings (SSSR count). The van der Waals surface area contributed by atoms with Gasteiger partial charge in [-0.05, 0) is 28.1 Å². The van der Waals surface area contributed by atoms with Gasteiger partial charge in [-0.25, -0.2) is 4.79 Å². The molecule has 0 aliphatic rings. The Morgan fingerprint density at radius 3 is 2.82 bits per heavy atom. The van der Waals surface area contributed by atoms with E-state index in [0.717, 1.165) is 9.37 Å². The van der Waals surface area contributed by atoms with Crippen LogP contribution in [0.2, 0.25) is 0 Å². The Bertz CT molecular complexity index is 524. The number of aliphatic carboxylic acids is 1. The van der Waals surface area contributed by atoms with Crippen LogP contribution in [-0.4, -0.2) is 42.0 Å². The number of benzene rings is 1. The second-order valence-corrected chi connectivity index (χ2v) is 6.30. The van der Waals surface area contributed by atoms with Gasteiger partial charge in [-0.2, -0.15) is 0 Å². The molecule has 0 radical (unpaired) electrons. The van der Waals surface area contributed by atoms with E-state index >= 15 is 0 Å². The summed E-state index contributed by atoms with van der Waals surface area (Å²) in [5, 5.41) is 11.5. The summed E-state index contributed by atoms with van der Waals surface area (Å²) in [6.07, 6.45) is 1.76. The SMILES string of the molecule is C=CCOCC(NC(=O)CCSc1ccccc1Br)C(=O)O. The molecule has 0 aromatic heterocycles. The lowest BCUT2D eigenvalue weighted by atomic mass is 10.3. The maximum Gasteiger partial charge on any atom is 0.328 e. The number of carbonyl (C=O) groups excluding carboxylic acids is 1. The Kier molecular flexibility index (Phi) is 8.88. The molecule has 0 saturated heterocycles. The van der Waals surface area contributed by atoms with Crippen molar-refractivity contribution in [3.05, 3.63) is 41.4 Å². The lowest BCUT2D eigenvalue weighted by molar-refractivity contribution is -0.143. The first kappa shape index (κ1) is 18.7. The summed E-state index contributed by atoms with van der Waals surface area (Å²) < 4.78 is 6.05. The van der Waals surface area contributed by atoms with Crippen LogP contribution < -0.4 is 5.32 Å². The number of rotatable bonds is 10.